The van der Waals surface area contributed by atoms with E-state index in [0.717, 1.165) is 23.7 Å². The van der Waals surface area contributed by atoms with Crippen LogP contribution in [-0.2, 0) is 24.2 Å². The number of carbonyl (C=O) groups excluding carboxylic acids is 1. The maximum Gasteiger partial charge on any atom is 0.242 e. The normalized spacial score (nSPS) is 15.1. The maximum absolute atomic E-state index is 14.4. The summed E-state index contributed by atoms with van der Waals surface area (Å²) in [6, 6.07) is 15.9. The number of imidazole rings is 1. The fraction of sp³-hybridized carbons (Fsp3) is 0.333. The van der Waals surface area contributed by atoms with E-state index in [4.69, 9.17) is 4.74 Å². The molecule has 1 amide bonds. The van der Waals surface area contributed by atoms with Gasteiger partial charge in [0, 0.05) is 25.2 Å². The third kappa shape index (κ3) is 7.82. The van der Waals surface area contributed by atoms with Gasteiger partial charge in [0.1, 0.15) is 24.6 Å². The summed E-state index contributed by atoms with van der Waals surface area (Å²) in [5.41, 5.74) is 3.13. The van der Waals surface area contributed by atoms with Crippen LogP contribution >= 0.6 is 0 Å². The van der Waals surface area contributed by atoms with Crippen LogP contribution in [0.5, 0.6) is 5.75 Å². The molecule has 226 valence electrons. The second kappa shape index (κ2) is 14.3. The highest BCUT2D eigenvalue weighted by Gasteiger charge is 2.27. The van der Waals surface area contributed by atoms with E-state index in [0.29, 0.717) is 62.3 Å². The SMILES string of the molecule is CCC[C@H](N[C@H]1CCc2cc(F)cc(F)c2C1)C(=O)Nc1cn(-c2ccccc2CNCCOc2ccccc2F)cn1. The molecule has 1 aliphatic rings. The van der Waals surface area contributed by atoms with Gasteiger partial charge >= 0.3 is 0 Å². The zero-order valence-electron chi connectivity index (χ0n) is 24.1. The Morgan fingerprint density at radius 2 is 1.91 bits per heavy atom. The van der Waals surface area contributed by atoms with Gasteiger partial charge < -0.3 is 25.3 Å². The molecule has 2 atom stereocenters. The number of carbonyl (C=O) groups is 1. The van der Waals surface area contributed by atoms with E-state index < -0.39 is 17.7 Å². The minimum absolute atomic E-state index is 0.0937. The van der Waals surface area contributed by atoms with Crippen molar-refractivity contribution in [1.29, 1.82) is 0 Å². The van der Waals surface area contributed by atoms with Crippen molar-refractivity contribution in [3.63, 3.8) is 0 Å². The van der Waals surface area contributed by atoms with Gasteiger partial charge in [0.15, 0.2) is 17.4 Å². The molecule has 4 aromatic rings. The molecule has 3 aromatic carbocycles. The van der Waals surface area contributed by atoms with Crippen LogP contribution in [0.1, 0.15) is 42.9 Å². The molecular formula is C33H36F3N5O2. The molecule has 10 heteroatoms. The summed E-state index contributed by atoms with van der Waals surface area (Å²) >= 11 is 0. The summed E-state index contributed by atoms with van der Waals surface area (Å²) < 4.78 is 49.1. The quantitative estimate of drug-likeness (QED) is 0.174. The second-order valence-corrected chi connectivity index (χ2v) is 10.7. The predicted molar refractivity (Wildman–Crippen MR) is 160 cm³/mol. The van der Waals surface area contributed by atoms with Gasteiger partial charge in [-0.15, -0.1) is 0 Å². The number of rotatable bonds is 13. The Bertz CT molecular complexity index is 1540. The van der Waals surface area contributed by atoms with Crippen LogP contribution in [0.4, 0.5) is 19.0 Å². The summed E-state index contributed by atoms with van der Waals surface area (Å²) in [5, 5.41) is 9.65. The molecular weight excluding hydrogens is 555 g/mol. The number of aromatic nitrogens is 2. The Kier molecular flexibility index (Phi) is 10.1. The first-order chi connectivity index (χ1) is 20.9. The van der Waals surface area contributed by atoms with Crippen molar-refractivity contribution in [3.8, 4) is 11.4 Å². The van der Waals surface area contributed by atoms with Crippen LogP contribution in [0.3, 0.4) is 0 Å². The lowest BCUT2D eigenvalue weighted by Gasteiger charge is -2.29. The fourth-order valence-electron chi connectivity index (χ4n) is 5.45. The molecule has 5 rings (SSSR count). The van der Waals surface area contributed by atoms with Crippen molar-refractivity contribution in [2.24, 2.45) is 0 Å². The summed E-state index contributed by atoms with van der Waals surface area (Å²) in [7, 11) is 0. The van der Waals surface area contributed by atoms with E-state index in [1.54, 1.807) is 30.7 Å². The molecule has 1 heterocycles. The maximum atomic E-state index is 14.4. The van der Waals surface area contributed by atoms with Crippen molar-refractivity contribution in [2.75, 3.05) is 18.5 Å². The topological polar surface area (TPSA) is 80.2 Å². The molecule has 43 heavy (non-hydrogen) atoms. The van der Waals surface area contributed by atoms with Gasteiger partial charge in [-0.05, 0) is 66.6 Å². The van der Waals surface area contributed by atoms with E-state index in [1.165, 1.54) is 12.1 Å². The summed E-state index contributed by atoms with van der Waals surface area (Å²) in [6.45, 7) is 3.40. The second-order valence-electron chi connectivity index (χ2n) is 10.7. The summed E-state index contributed by atoms with van der Waals surface area (Å²) in [6.07, 6.45) is 6.46. The van der Waals surface area contributed by atoms with Gasteiger partial charge in [0.25, 0.3) is 0 Å². The largest absolute Gasteiger partial charge is 0.489 e. The number of amides is 1. The number of halogens is 3. The third-order valence-electron chi connectivity index (χ3n) is 7.59. The van der Waals surface area contributed by atoms with Crippen LogP contribution in [0.15, 0.2) is 73.2 Å². The average Bonchev–Trinajstić information content (AvgIpc) is 3.46. The van der Waals surface area contributed by atoms with Crippen LogP contribution in [0.25, 0.3) is 5.69 Å². The summed E-state index contributed by atoms with van der Waals surface area (Å²) in [5.74, 6) is -1.04. The zero-order valence-corrected chi connectivity index (χ0v) is 24.1. The van der Waals surface area contributed by atoms with Crippen LogP contribution < -0.4 is 20.7 Å². The number of ether oxygens (including phenoxy) is 1. The Labute approximate surface area is 249 Å². The standard InChI is InChI=1S/C33H36F3N5O2/c1-2-7-29(39-25-13-12-22-16-24(34)17-28(36)26(22)18-25)33(42)40-32-20-41(21-38-32)30-10-5-3-8-23(30)19-37-14-15-43-31-11-6-4-9-27(31)35/h3-6,8-11,16-17,20-21,25,29,37,39H,2,7,12-15,18-19H2,1H3,(H,40,42)/t25-,29-/m0/s1. The number of anilines is 1. The van der Waals surface area contributed by atoms with Crippen molar-refractivity contribution in [1.82, 2.24) is 20.2 Å². The fourth-order valence-corrected chi connectivity index (χ4v) is 5.45. The highest BCUT2D eigenvalue weighted by Crippen LogP contribution is 2.26. The van der Waals surface area contributed by atoms with Gasteiger partial charge in [0.05, 0.1) is 17.9 Å². The van der Waals surface area contributed by atoms with Crippen LogP contribution in [0.2, 0.25) is 0 Å². The Morgan fingerprint density at radius 3 is 2.74 bits per heavy atom. The van der Waals surface area contributed by atoms with Crippen molar-refractivity contribution >= 4 is 11.7 Å². The van der Waals surface area contributed by atoms with E-state index in [2.05, 4.69) is 20.9 Å². The molecule has 0 spiro atoms. The number of benzene rings is 3. The predicted octanol–water partition coefficient (Wildman–Crippen LogP) is 5.71. The first kappa shape index (κ1) is 30.3. The van der Waals surface area contributed by atoms with E-state index in [9.17, 15) is 18.0 Å². The van der Waals surface area contributed by atoms with E-state index in [1.807, 2.05) is 35.8 Å². The van der Waals surface area contributed by atoms with Crippen molar-refractivity contribution < 1.29 is 22.7 Å². The molecule has 0 saturated heterocycles. The molecule has 1 aliphatic carbocycles. The third-order valence-corrected chi connectivity index (χ3v) is 7.59. The minimum Gasteiger partial charge on any atom is -0.489 e. The number of para-hydroxylation sites is 2. The Hall–Kier alpha value is -4.15. The molecule has 0 aliphatic heterocycles. The van der Waals surface area contributed by atoms with Crippen molar-refractivity contribution in [2.45, 2.75) is 57.7 Å². The number of aryl methyl sites for hydroxylation is 1. The minimum atomic E-state index is -0.560. The molecule has 7 nitrogen and oxygen atoms in total. The number of nitrogens with zero attached hydrogens (tertiary/aromatic N) is 2. The molecule has 1 aromatic heterocycles. The smallest absolute Gasteiger partial charge is 0.242 e. The van der Waals surface area contributed by atoms with Gasteiger partial charge in [-0.25, -0.2) is 18.2 Å². The molecule has 0 saturated carbocycles. The molecule has 3 N–H and O–H groups in total. The number of fused-ring (bicyclic) bond motifs is 1. The molecule has 0 bridgehead atoms. The highest BCUT2D eigenvalue weighted by atomic mass is 19.1. The number of hydrogen-bond acceptors (Lipinski definition) is 5. The van der Waals surface area contributed by atoms with E-state index in [-0.39, 0.29) is 23.5 Å². The molecule has 0 unspecified atom stereocenters. The lowest BCUT2D eigenvalue weighted by Crippen LogP contribution is -2.48. The lowest BCUT2D eigenvalue weighted by molar-refractivity contribution is -0.118. The molecule has 0 fully saturated rings. The average molecular weight is 592 g/mol. The summed E-state index contributed by atoms with van der Waals surface area (Å²) in [4.78, 5) is 17.7. The number of hydrogen-bond donors (Lipinski definition) is 3. The van der Waals surface area contributed by atoms with Crippen molar-refractivity contribution in [3.05, 3.63) is 107 Å². The van der Waals surface area contributed by atoms with Gasteiger partial charge in [-0.1, -0.05) is 43.7 Å². The van der Waals surface area contributed by atoms with Gasteiger partial charge in [-0.3, -0.25) is 4.79 Å². The highest BCUT2D eigenvalue weighted by molar-refractivity contribution is 5.94. The zero-order chi connectivity index (χ0) is 30.2. The first-order valence-electron chi connectivity index (χ1n) is 14.6. The molecule has 0 radical (unpaired) electrons. The Morgan fingerprint density at radius 1 is 1.09 bits per heavy atom. The first-order valence-corrected chi connectivity index (χ1v) is 14.6. The lowest BCUT2D eigenvalue weighted by atomic mass is 9.87. The van der Waals surface area contributed by atoms with Crippen LogP contribution in [0, 0.1) is 17.5 Å². The van der Waals surface area contributed by atoms with Crippen LogP contribution in [-0.4, -0.2) is 40.7 Å². The van der Waals surface area contributed by atoms with E-state index >= 15 is 0 Å². The van der Waals surface area contributed by atoms with Gasteiger partial charge in [0.2, 0.25) is 5.91 Å². The number of nitrogens with one attached hydrogen (secondary N) is 3. The van der Waals surface area contributed by atoms with Gasteiger partial charge in [-0.2, -0.15) is 0 Å². The monoisotopic (exact) mass is 591 g/mol. The Balaban J connectivity index is 1.16.